The number of anilines is 1. The highest BCUT2D eigenvalue weighted by atomic mass is 16.5. The van der Waals surface area contributed by atoms with Crippen molar-refractivity contribution in [1.82, 2.24) is 19.6 Å². The maximum absolute atomic E-state index is 12.5. The fourth-order valence-electron chi connectivity index (χ4n) is 2.88. The molecule has 2 aromatic carbocycles. The van der Waals surface area contributed by atoms with Gasteiger partial charge in [0.25, 0.3) is 5.91 Å². The van der Waals surface area contributed by atoms with Gasteiger partial charge in [-0.05, 0) is 36.2 Å². The molecular weight excluding hydrogens is 366 g/mol. The summed E-state index contributed by atoms with van der Waals surface area (Å²) in [4.78, 5) is 12.5. The molecule has 0 aliphatic rings. The topological polar surface area (TPSA) is 74.0 Å². The Kier molecular flexibility index (Phi) is 5.38. The van der Waals surface area contributed by atoms with Crippen molar-refractivity contribution in [2.75, 3.05) is 5.32 Å². The molecule has 0 saturated carbocycles. The average molecular weight is 387 g/mol. The number of hydrogen-bond acceptors (Lipinski definition) is 4. The van der Waals surface area contributed by atoms with Gasteiger partial charge in [-0.2, -0.15) is 10.2 Å². The molecule has 0 unspecified atom stereocenters. The highest BCUT2D eigenvalue weighted by molar-refractivity contribution is 6.02. The fraction of sp³-hybridized carbons (Fsp3) is 0.136. The van der Waals surface area contributed by atoms with Crippen molar-refractivity contribution in [1.29, 1.82) is 0 Å². The molecule has 146 valence electrons. The minimum absolute atomic E-state index is 0.228. The molecular formula is C22H21N5O2. The zero-order valence-corrected chi connectivity index (χ0v) is 16.0. The minimum atomic E-state index is -0.293. The molecule has 0 bridgehead atoms. The van der Waals surface area contributed by atoms with Crippen LogP contribution in [0.25, 0.3) is 0 Å². The number of nitrogens with one attached hydrogen (secondary N) is 1. The number of carbonyl (C=O) groups is 1. The van der Waals surface area contributed by atoms with Crippen LogP contribution in [-0.4, -0.2) is 25.5 Å². The van der Waals surface area contributed by atoms with Gasteiger partial charge in [0.05, 0.1) is 18.4 Å². The van der Waals surface area contributed by atoms with Crippen molar-refractivity contribution >= 4 is 11.6 Å². The van der Waals surface area contributed by atoms with Crippen LogP contribution in [0.15, 0.2) is 79.3 Å². The van der Waals surface area contributed by atoms with Gasteiger partial charge in [0.1, 0.15) is 5.75 Å². The number of hydrogen-bond donors (Lipinski definition) is 1. The molecule has 0 spiro atoms. The Morgan fingerprint density at radius 2 is 1.83 bits per heavy atom. The Labute approximate surface area is 168 Å². The summed E-state index contributed by atoms with van der Waals surface area (Å²) >= 11 is 0. The zero-order chi connectivity index (χ0) is 20.1. The lowest BCUT2D eigenvalue weighted by atomic mass is 10.1. The third kappa shape index (κ3) is 4.70. The number of carbonyl (C=O) groups excluding carboxylic acids is 1. The molecule has 1 amide bonds. The summed E-state index contributed by atoms with van der Waals surface area (Å²) in [7, 11) is 0. The summed E-state index contributed by atoms with van der Waals surface area (Å²) in [5.74, 6) is 0.453. The molecule has 4 rings (SSSR count). The van der Waals surface area contributed by atoms with Crippen molar-refractivity contribution in [2.24, 2.45) is 0 Å². The monoisotopic (exact) mass is 387 g/mol. The molecule has 7 heteroatoms. The van der Waals surface area contributed by atoms with E-state index in [0.29, 0.717) is 17.9 Å². The number of amides is 1. The quantitative estimate of drug-likeness (QED) is 0.524. The maximum Gasteiger partial charge on any atom is 0.276 e. The number of benzene rings is 2. The summed E-state index contributed by atoms with van der Waals surface area (Å²) in [6.07, 6.45) is 5.14. The van der Waals surface area contributed by atoms with Crippen LogP contribution >= 0.6 is 0 Å². The normalized spacial score (nSPS) is 10.7. The third-order valence-electron chi connectivity index (χ3n) is 4.46. The lowest BCUT2D eigenvalue weighted by Gasteiger charge is -2.05. The van der Waals surface area contributed by atoms with E-state index in [1.807, 2.05) is 42.5 Å². The highest BCUT2D eigenvalue weighted by Gasteiger charge is 2.11. The van der Waals surface area contributed by atoms with E-state index in [9.17, 15) is 4.79 Å². The molecule has 4 aromatic rings. The van der Waals surface area contributed by atoms with Crippen LogP contribution in [0.5, 0.6) is 5.75 Å². The molecule has 0 aliphatic heterocycles. The fourth-order valence-corrected chi connectivity index (χ4v) is 2.88. The van der Waals surface area contributed by atoms with Crippen molar-refractivity contribution in [3.05, 3.63) is 96.1 Å². The SMILES string of the molecule is Cc1ccccc1Cn1cc(NC(=O)c2ccn(COc3ccccc3)n2)cn1. The first-order valence-electron chi connectivity index (χ1n) is 9.27. The van der Waals surface area contributed by atoms with Gasteiger partial charge in [0.15, 0.2) is 12.4 Å². The van der Waals surface area contributed by atoms with Crippen LogP contribution in [0.3, 0.4) is 0 Å². The number of para-hydroxylation sites is 1. The number of nitrogens with zero attached hydrogens (tertiary/aromatic N) is 4. The Morgan fingerprint density at radius 3 is 2.66 bits per heavy atom. The molecule has 2 heterocycles. The zero-order valence-electron chi connectivity index (χ0n) is 16.0. The van der Waals surface area contributed by atoms with Crippen molar-refractivity contribution in [2.45, 2.75) is 20.2 Å². The second-order valence-electron chi connectivity index (χ2n) is 6.63. The molecule has 0 atom stereocenters. The van der Waals surface area contributed by atoms with Crippen LogP contribution in [0.4, 0.5) is 5.69 Å². The molecule has 0 aliphatic carbocycles. The summed E-state index contributed by atoms with van der Waals surface area (Å²) in [5.41, 5.74) is 3.33. The van der Waals surface area contributed by atoms with Crippen LogP contribution in [0, 0.1) is 6.92 Å². The van der Waals surface area contributed by atoms with E-state index in [2.05, 4.69) is 34.6 Å². The van der Waals surface area contributed by atoms with Crippen LogP contribution in [0.2, 0.25) is 0 Å². The second-order valence-corrected chi connectivity index (χ2v) is 6.63. The van der Waals surface area contributed by atoms with Crippen molar-refractivity contribution < 1.29 is 9.53 Å². The van der Waals surface area contributed by atoms with Gasteiger partial charge in [-0.3, -0.25) is 9.48 Å². The van der Waals surface area contributed by atoms with Gasteiger partial charge in [-0.1, -0.05) is 42.5 Å². The summed E-state index contributed by atoms with van der Waals surface area (Å²) in [5, 5.41) is 11.4. The summed E-state index contributed by atoms with van der Waals surface area (Å²) in [6, 6.07) is 19.3. The van der Waals surface area contributed by atoms with E-state index in [1.165, 1.54) is 11.1 Å². The van der Waals surface area contributed by atoms with Crippen molar-refractivity contribution in [3.63, 3.8) is 0 Å². The molecule has 0 radical (unpaired) electrons. The van der Waals surface area contributed by atoms with E-state index in [-0.39, 0.29) is 12.6 Å². The maximum atomic E-state index is 12.5. The van der Waals surface area contributed by atoms with E-state index in [0.717, 1.165) is 5.75 Å². The summed E-state index contributed by atoms with van der Waals surface area (Å²) in [6.45, 7) is 2.94. The van der Waals surface area contributed by atoms with Crippen LogP contribution in [0.1, 0.15) is 21.6 Å². The van der Waals surface area contributed by atoms with Gasteiger partial charge in [0, 0.05) is 12.4 Å². The van der Waals surface area contributed by atoms with Crippen LogP contribution < -0.4 is 10.1 Å². The molecule has 2 aromatic heterocycles. The summed E-state index contributed by atoms with van der Waals surface area (Å²) < 4.78 is 9.00. The Morgan fingerprint density at radius 1 is 1.03 bits per heavy atom. The highest BCUT2D eigenvalue weighted by Crippen LogP contribution is 2.13. The van der Waals surface area contributed by atoms with Gasteiger partial charge in [-0.15, -0.1) is 0 Å². The predicted octanol–water partition coefficient (Wildman–Crippen LogP) is 3.73. The second kappa shape index (κ2) is 8.43. The van der Waals surface area contributed by atoms with Gasteiger partial charge in [-0.25, -0.2) is 4.68 Å². The minimum Gasteiger partial charge on any atom is -0.471 e. The molecule has 7 nitrogen and oxygen atoms in total. The number of ether oxygens (including phenoxy) is 1. The smallest absolute Gasteiger partial charge is 0.276 e. The van der Waals surface area contributed by atoms with Gasteiger partial charge in [0.2, 0.25) is 0 Å². The van der Waals surface area contributed by atoms with Gasteiger partial charge < -0.3 is 10.1 Å². The standard InChI is InChI=1S/C22H21N5O2/c1-17-7-5-6-8-18(17)14-27-15-19(13-23-27)24-22(28)21-11-12-26(25-21)16-29-20-9-3-2-4-10-20/h2-13,15H,14,16H2,1H3,(H,24,28). The lowest BCUT2D eigenvalue weighted by molar-refractivity contribution is 0.102. The number of aryl methyl sites for hydroxylation is 1. The third-order valence-corrected chi connectivity index (χ3v) is 4.46. The molecule has 0 saturated heterocycles. The lowest BCUT2D eigenvalue weighted by Crippen LogP contribution is -2.14. The first-order valence-corrected chi connectivity index (χ1v) is 9.27. The predicted molar refractivity (Wildman–Crippen MR) is 110 cm³/mol. The molecule has 29 heavy (non-hydrogen) atoms. The average Bonchev–Trinajstić information content (AvgIpc) is 3.39. The van der Waals surface area contributed by atoms with Gasteiger partial charge >= 0.3 is 0 Å². The van der Waals surface area contributed by atoms with E-state index >= 15 is 0 Å². The molecule has 1 N–H and O–H groups in total. The first kappa shape index (κ1) is 18.5. The van der Waals surface area contributed by atoms with E-state index < -0.39 is 0 Å². The van der Waals surface area contributed by atoms with E-state index in [1.54, 1.807) is 34.0 Å². The Bertz CT molecular complexity index is 1100. The van der Waals surface area contributed by atoms with Crippen LogP contribution in [-0.2, 0) is 13.3 Å². The number of rotatable bonds is 7. The molecule has 0 fully saturated rings. The Balaban J connectivity index is 1.34. The Hall–Kier alpha value is -3.87. The van der Waals surface area contributed by atoms with E-state index in [4.69, 9.17) is 4.74 Å². The largest absolute Gasteiger partial charge is 0.471 e. The first-order chi connectivity index (χ1) is 14.2. The number of aromatic nitrogens is 4. The van der Waals surface area contributed by atoms with Crippen molar-refractivity contribution in [3.8, 4) is 5.75 Å².